The molecule has 1 aliphatic heterocycles. The van der Waals surface area contributed by atoms with Gasteiger partial charge in [-0.1, -0.05) is 77.0 Å². The van der Waals surface area contributed by atoms with Gasteiger partial charge >= 0.3 is 0 Å². The Hall–Kier alpha value is -2.28. The fraction of sp³-hybridized carbons (Fsp3) is 0.636. The van der Waals surface area contributed by atoms with Crippen molar-refractivity contribution in [3.63, 3.8) is 0 Å². The van der Waals surface area contributed by atoms with Crippen LogP contribution >= 0.6 is 0 Å². The van der Waals surface area contributed by atoms with E-state index in [4.69, 9.17) is 15.2 Å². The monoisotopic (exact) mass is 539 g/mol. The van der Waals surface area contributed by atoms with Gasteiger partial charge in [0.25, 0.3) is 0 Å². The molecule has 6 heteroatoms. The van der Waals surface area contributed by atoms with Gasteiger partial charge in [0, 0.05) is 37.9 Å². The van der Waals surface area contributed by atoms with Gasteiger partial charge in [-0.25, -0.2) is 0 Å². The van der Waals surface area contributed by atoms with Gasteiger partial charge in [0.15, 0.2) is 0 Å². The maximum absolute atomic E-state index is 10.1. The number of hydrogen-bond donors (Lipinski definition) is 2. The molecular formula is C33H53N3O3. The molecule has 2 atom stereocenters. The molecule has 0 radical (unpaired) electrons. The Morgan fingerprint density at radius 2 is 1.26 bits per heavy atom. The predicted octanol–water partition coefficient (Wildman–Crippen LogP) is 6.12. The molecule has 1 fully saturated rings. The van der Waals surface area contributed by atoms with Crippen LogP contribution < -0.4 is 20.1 Å². The van der Waals surface area contributed by atoms with E-state index in [9.17, 15) is 5.11 Å². The Balaban J connectivity index is 1.10. The summed E-state index contributed by atoms with van der Waals surface area (Å²) in [7, 11) is 0. The van der Waals surface area contributed by atoms with E-state index in [1.165, 1.54) is 76.7 Å². The number of anilines is 1. The summed E-state index contributed by atoms with van der Waals surface area (Å²) in [5, 5.41) is 10.1. The fourth-order valence-corrected chi connectivity index (χ4v) is 5.10. The van der Waals surface area contributed by atoms with Gasteiger partial charge in [-0.15, -0.1) is 0 Å². The van der Waals surface area contributed by atoms with E-state index in [-0.39, 0.29) is 18.6 Å². The molecule has 3 N–H and O–H groups in total. The van der Waals surface area contributed by atoms with Crippen molar-refractivity contribution in [1.82, 2.24) is 4.90 Å². The highest BCUT2D eigenvalue weighted by Crippen LogP contribution is 2.19. The van der Waals surface area contributed by atoms with Crippen LogP contribution in [0.3, 0.4) is 0 Å². The summed E-state index contributed by atoms with van der Waals surface area (Å²) < 4.78 is 11.5. The van der Waals surface area contributed by atoms with E-state index in [0.717, 1.165) is 37.6 Å². The number of ether oxygens (including phenoxy) is 2. The molecule has 0 aliphatic carbocycles. The van der Waals surface area contributed by atoms with Gasteiger partial charge in [0.1, 0.15) is 24.2 Å². The van der Waals surface area contributed by atoms with Crippen LogP contribution in [0.25, 0.3) is 0 Å². The molecule has 1 unspecified atom stereocenters. The van der Waals surface area contributed by atoms with Crippen LogP contribution in [0, 0.1) is 5.92 Å². The summed E-state index contributed by atoms with van der Waals surface area (Å²) in [5.41, 5.74) is 7.33. The lowest BCUT2D eigenvalue weighted by atomic mass is 10.0. The van der Waals surface area contributed by atoms with E-state index in [0.29, 0.717) is 0 Å². The third-order valence-corrected chi connectivity index (χ3v) is 7.84. The van der Waals surface area contributed by atoms with E-state index >= 15 is 0 Å². The molecule has 1 heterocycles. The van der Waals surface area contributed by atoms with Crippen LogP contribution in [0.5, 0.6) is 11.5 Å². The lowest BCUT2D eigenvalue weighted by molar-refractivity contribution is 0.0715. The standard InChI is InChI=1S/C33H53N3O3/c1-28(2)33(34)32(37)27-39-31-19-17-30(18-20-31)38-26-14-9-7-5-3-4-6-8-13-21-35-22-24-36(25-23-35)29-15-11-10-12-16-29/h10-12,15-20,28,32-33,37H,3-9,13-14,21-27,34H2,1-2H3/t32-,33?/m1/s1. The fourth-order valence-electron chi connectivity index (χ4n) is 5.10. The number of nitrogens with zero attached hydrogens (tertiary/aromatic N) is 2. The number of rotatable bonds is 19. The maximum atomic E-state index is 10.1. The lowest BCUT2D eigenvalue weighted by Gasteiger charge is -2.36. The number of aliphatic hydroxyl groups is 1. The highest BCUT2D eigenvalue weighted by atomic mass is 16.5. The van der Waals surface area contributed by atoms with Gasteiger partial charge in [0.2, 0.25) is 0 Å². The average Bonchev–Trinajstić information content (AvgIpc) is 2.97. The van der Waals surface area contributed by atoms with Crippen LogP contribution in [0.2, 0.25) is 0 Å². The molecule has 218 valence electrons. The number of aliphatic hydroxyl groups excluding tert-OH is 1. The van der Waals surface area contributed by atoms with Crippen LogP contribution in [0.1, 0.15) is 71.6 Å². The van der Waals surface area contributed by atoms with Crippen molar-refractivity contribution >= 4 is 5.69 Å². The molecule has 2 aromatic carbocycles. The summed E-state index contributed by atoms with van der Waals surface area (Å²) in [6.07, 6.45) is 11.1. The van der Waals surface area contributed by atoms with Crippen LogP contribution in [0.4, 0.5) is 5.69 Å². The molecular weight excluding hydrogens is 486 g/mol. The zero-order valence-corrected chi connectivity index (χ0v) is 24.5. The SMILES string of the molecule is CC(C)C(N)[C@H](O)COc1ccc(OCCCCCCCCCCCN2CCN(c3ccccc3)CC2)cc1. The van der Waals surface area contributed by atoms with Crippen LogP contribution in [0.15, 0.2) is 54.6 Å². The Kier molecular flexibility index (Phi) is 14.5. The van der Waals surface area contributed by atoms with Crippen LogP contribution in [-0.4, -0.2) is 68.1 Å². The molecule has 0 amide bonds. The smallest absolute Gasteiger partial charge is 0.119 e. The first-order valence-electron chi connectivity index (χ1n) is 15.3. The molecule has 1 saturated heterocycles. The number of benzene rings is 2. The second kappa shape index (κ2) is 18.1. The Labute approximate surface area is 237 Å². The van der Waals surface area contributed by atoms with Crippen molar-refractivity contribution < 1.29 is 14.6 Å². The largest absolute Gasteiger partial charge is 0.494 e. The summed E-state index contributed by atoms with van der Waals surface area (Å²) in [4.78, 5) is 5.15. The van der Waals surface area contributed by atoms with Crippen molar-refractivity contribution in [2.45, 2.75) is 83.8 Å². The minimum absolute atomic E-state index is 0.201. The minimum Gasteiger partial charge on any atom is -0.494 e. The molecule has 0 bridgehead atoms. The van der Waals surface area contributed by atoms with Gasteiger partial charge in [0.05, 0.1) is 6.61 Å². The van der Waals surface area contributed by atoms with E-state index < -0.39 is 6.10 Å². The normalized spacial score (nSPS) is 15.9. The molecule has 0 saturated carbocycles. The highest BCUT2D eigenvalue weighted by molar-refractivity contribution is 5.46. The minimum atomic E-state index is -0.668. The summed E-state index contributed by atoms with van der Waals surface area (Å²) >= 11 is 0. The van der Waals surface area contributed by atoms with Crippen molar-refractivity contribution in [2.24, 2.45) is 11.7 Å². The zero-order chi connectivity index (χ0) is 27.7. The molecule has 39 heavy (non-hydrogen) atoms. The molecule has 0 aromatic heterocycles. The predicted molar refractivity (Wildman–Crippen MR) is 163 cm³/mol. The first-order chi connectivity index (χ1) is 19.0. The lowest BCUT2D eigenvalue weighted by Crippen LogP contribution is -2.46. The van der Waals surface area contributed by atoms with Gasteiger partial charge in [-0.05, 0) is 61.7 Å². The topological polar surface area (TPSA) is 71.2 Å². The van der Waals surface area contributed by atoms with E-state index in [1.54, 1.807) is 0 Å². The molecule has 0 spiro atoms. The molecule has 3 rings (SSSR count). The molecule has 6 nitrogen and oxygen atoms in total. The quantitative estimate of drug-likeness (QED) is 0.210. The second-order valence-electron chi connectivity index (χ2n) is 11.4. The zero-order valence-electron chi connectivity index (χ0n) is 24.5. The van der Waals surface area contributed by atoms with Crippen molar-refractivity contribution in [3.05, 3.63) is 54.6 Å². The van der Waals surface area contributed by atoms with Crippen molar-refractivity contribution in [3.8, 4) is 11.5 Å². The Morgan fingerprint density at radius 1 is 0.718 bits per heavy atom. The number of nitrogens with two attached hydrogens (primary N) is 1. The first-order valence-corrected chi connectivity index (χ1v) is 15.3. The van der Waals surface area contributed by atoms with Gasteiger partial charge in [-0.2, -0.15) is 0 Å². The number of piperazine rings is 1. The highest BCUT2D eigenvalue weighted by Gasteiger charge is 2.19. The summed E-state index contributed by atoms with van der Waals surface area (Å²) in [6, 6.07) is 18.1. The Morgan fingerprint density at radius 3 is 1.85 bits per heavy atom. The number of unbranched alkanes of at least 4 members (excludes halogenated alkanes) is 8. The third kappa shape index (κ3) is 12.2. The average molecular weight is 540 g/mol. The maximum Gasteiger partial charge on any atom is 0.119 e. The molecule has 2 aromatic rings. The summed E-state index contributed by atoms with van der Waals surface area (Å²) in [6.45, 7) is 10.9. The van der Waals surface area contributed by atoms with E-state index in [1.807, 2.05) is 38.1 Å². The van der Waals surface area contributed by atoms with Gasteiger partial charge < -0.3 is 25.2 Å². The second-order valence-corrected chi connectivity index (χ2v) is 11.4. The van der Waals surface area contributed by atoms with Crippen LogP contribution in [-0.2, 0) is 0 Å². The number of hydrogen-bond acceptors (Lipinski definition) is 6. The molecule has 1 aliphatic rings. The summed E-state index contributed by atoms with van der Waals surface area (Å²) in [5.74, 6) is 1.80. The van der Waals surface area contributed by atoms with Crippen molar-refractivity contribution in [2.75, 3.05) is 50.8 Å². The number of para-hydroxylation sites is 1. The van der Waals surface area contributed by atoms with Crippen molar-refractivity contribution in [1.29, 1.82) is 0 Å². The van der Waals surface area contributed by atoms with Gasteiger partial charge in [-0.3, -0.25) is 4.90 Å². The first kappa shape index (κ1) is 31.3. The van der Waals surface area contributed by atoms with E-state index in [2.05, 4.69) is 40.1 Å². The third-order valence-electron chi connectivity index (χ3n) is 7.84. The Bertz CT molecular complexity index is 870.